The molecular weight excluding hydrogens is 300 g/mol. The molecule has 1 aliphatic rings. The molecule has 0 aromatic carbocycles. The summed E-state index contributed by atoms with van der Waals surface area (Å²) in [5.74, 6) is 0.781. The molecule has 124 valence electrons. The van der Waals surface area contributed by atoms with Crippen LogP contribution in [0.1, 0.15) is 51.3 Å². The molecule has 1 aromatic rings. The number of hydrogen-bond acceptors (Lipinski definition) is 4. The molecule has 0 aliphatic heterocycles. The first-order valence-corrected chi connectivity index (χ1v) is 8.52. The van der Waals surface area contributed by atoms with E-state index in [1.54, 1.807) is 0 Å². The van der Waals surface area contributed by atoms with E-state index in [2.05, 4.69) is 15.5 Å². The Balaban J connectivity index is 1.71. The number of nitrogens with one attached hydrogen (secondary N) is 2. The number of amides is 1. The number of nitrogens with zero attached hydrogens (tertiary/aromatic N) is 2. The second-order valence-corrected chi connectivity index (χ2v) is 6.32. The molecule has 0 radical (unpaired) electrons. The van der Waals surface area contributed by atoms with Crippen LogP contribution in [0.2, 0.25) is 0 Å². The van der Waals surface area contributed by atoms with E-state index >= 15 is 0 Å². The highest BCUT2D eigenvalue weighted by atomic mass is 32.1. The highest BCUT2D eigenvalue weighted by Gasteiger charge is 2.20. The summed E-state index contributed by atoms with van der Waals surface area (Å²) in [6.07, 6.45) is 7.60. The van der Waals surface area contributed by atoms with E-state index in [0.717, 1.165) is 18.7 Å². The summed E-state index contributed by atoms with van der Waals surface area (Å²) in [4.78, 5) is 12.1. The molecule has 2 N–H and O–H groups in total. The first kappa shape index (κ1) is 17.1. The van der Waals surface area contributed by atoms with Crippen molar-refractivity contribution in [2.75, 3.05) is 6.54 Å². The average molecular weight is 326 g/mol. The van der Waals surface area contributed by atoms with Gasteiger partial charge in [-0.05, 0) is 32.0 Å². The average Bonchev–Trinajstić information content (AvgIpc) is 2.72. The van der Waals surface area contributed by atoms with Gasteiger partial charge in [-0.3, -0.25) is 9.89 Å². The van der Waals surface area contributed by atoms with Crippen LogP contribution in [-0.4, -0.2) is 39.4 Å². The van der Waals surface area contributed by atoms with Gasteiger partial charge < -0.3 is 14.6 Å². The lowest BCUT2D eigenvalue weighted by atomic mass is 10.1. The smallest absolute Gasteiger partial charge is 0.248 e. The van der Waals surface area contributed by atoms with Crippen LogP contribution in [0.5, 0.6) is 0 Å². The van der Waals surface area contributed by atoms with Crippen molar-refractivity contribution in [2.45, 2.75) is 64.1 Å². The van der Waals surface area contributed by atoms with E-state index in [9.17, 15) is 4.79 Å². The van der Waals surface area contributed by atoms with Gasteiger partial charge in [-0.2, -0.15) is 5.10 Å². The van der Waals surface area contributed by atoms with Crippen molar-refractivity contribution in [2.24, 2.45) is 7.05 Å². The highest BCUT2D eigenvalue weighted by Crippen LogP contribution is 2.20. The molecule has 2 rings (SSSR count). The highest BCUT2D eigenvalue weighted by molar-refractivity contribution is 7.71. The van der Waals surface area contributed by atoms with Crippen LogP contribution in [-0.2, 0) is 23.0 Å². The van der Waals surface area contributed by atoms with Gasteiger partial charge in [0.2, 0.25) is 5.91 Å². The molecule has 0 saturated heterocycles. The lowest BCUT2D eigenvalue weighted by molar-refractivity contribution is -0.135. The summed E-state index contributed by atoms with van der Waals surface area (Å²) in [5.41, 5.74) is 0. The van der Waals surface area contributed by atoms with E-state index in [1.165, 1.54) is 25.7 Å². The fourth-order valence-corrected chi connectivity index (χ4v) is 2.92. The SMILES string of the molecule is CC(OC1CCCCCC1)C(=O)NCCc1n[nH]c(=S)n1C. The minimum atomic E-state index is -0.398. The van der Waals surface area contributed by atoms with Gasteiger partial charge in [0, 0.05) is 20.0 Å². The molecule has 1 atom stereocenters. The van der Waals surface area contributed by atoms with Crippen LogP contribution in [0.15, 0.2) is 0 Å². The molecular formula is C15H26N4O2S. The Morgan fingerprint density at radius 3 is 2.73 bits per heavy atom. The topological polar surface area (TPSA) is 71.9 Å². The molecule has 1 heterocycles. The minimum absolute atomic E-state index is 0.0546. The van der Waals surface area contributed by atoms with Crippen LogP contribution >= 0.6 is 12.2 Å². The van der Waals surface area contributed by atoms with Crippen LogP contribution in [0.4, 0.5) is 0 Å². The number of carbonyl (C=O) groups excluding carboxylic acids is 1. The Hall–Kier alpha value is -1.21. The van der Waals surface area contributed by atoms with Gasteiger partial charge in [-0.1, -0.05) is 25.7 Å². The maximum Gasteiger partial charge on any atom is 0.248 e. The summed E-state index contributed by atoms with van der Waals surface area (Å²) in [6, 6.07) is 0. The van der Waals surface area contributed by atoms with Crippen molar-refractivity contribution >= 4 is 18.1 Å². The number of aromatic nitrogens is 3. The maximum absolute atomic E-state index is 12.1. The van der Waals surface area contributed by atoms with E-state index in [1.807, 2.05) is 18.5 Å². The molecule has 1 unspecified atom stereocenters. The van der Waals surface area contributed by atoms with Crippen molar-refractivity contribution in [1.82, 2.24) is 20.1 Å². The number of rotatable bonds is 6. The normalized spacial score (nSPS) is 17.9. The van der Waals surface area contributed by atoms with Gasteiger partial charge in [0.1, 0.15) is 11.9 Å². The van der Waals surface area contributed by atoms with E-state index in [4.69, 9.17) is 17.0 Å². The second kappa shape index (κ2) is 8.43. The summed E-state index contributed by atoms with van der Waals surface area (Å²) in [6.45, 7) is 2.36. The molecule has 0 bridgehead atoms. The van der Waals surface area contributed by atoms with Crippen LogP contribution < -0.4 is 5.32 Å². The third kappa shape index (κ3) is 4.91. The monoisotopic (exact) mass is 326 g/mol. The number of ether oxygens (including phenoxy) is 1. The summed E-state index contributed by atoms with van der Waals surface area (Å²) in [5, 5.41) is 9.77. The van der Waals surface area contributed by atoms with Crippen LogP contribution in [0.25, 0.3) is 0 Å². The lowest BCUT2D eigenvalue weighted by Gasteiger charge is -2.20. The molecule has 1 saturated carbocycles. The van der Waals surface area contributed by atoms with Crippen molar-refractivity contribution < 1.29 is 9.53 Å². The third-order valence-corrected chi connectivity index (χ3v) is 4.55. The van der Waals surface area contributed by atoms with E-state index in [-0.39, 0.29) is 12.0 Å². The third-order valence-electron chi connectivity index (χ3n) is 4.19. The van der Waals surface area contributed by atoms with Gasteiger partial charge in [-0.25, -0.2) is 0 Å². The predicted molar refractivity (Wildman–Crippen MR) is 87.1 cm³/mol. The Morgan fingerprint density at radius 2 is 2.14 bits per heavy atom. The molecule has 1 amide bonds. The summed E-state index contributed by atoms with van der Waals surface area (Å²) >= 11 is 5.06. The molecule has 1 aromatic heterocycles. The van der Waals surface area contributed by atoms with Gasteiger partial charge in [-0.15, -0.1) is 0 Å². The fourth-order valence-electron chi connectivity index (χ4n) is 2.77. The van der Waals surface area contributed by atoms with Gasteiger partial charge in [0.05, 0.1) is 6.10 Å². The second-order valence-electron chi connectivity index (χ2n) is 5.94. The number of aromatic amines is 1. The Labute approximate surface area is 136 Å². The fraction of sp³-hybridized carbons (Fsp3) is 0.800. The number of hydrogen-bond donors (Lipinski definition) is 2. The first-order valence-electron chi connectivity index (χ1n) is 8.11. The first-order chi connectivity index (χ1) is 10.6. The molecule has 1 aliphatic carbocycles. The van der Waals surface area contributed by atoms with E-state index in [0.29, 0.717) is 17.7 Å². The molecule has 0 spiro atoms. The Bertz CT molecular complexity index is 532. The summed E-state index contributed by atoms with van der Waals surface area (Å²) < 4.78 is 8.31. The number of H-pyrrole nitrogens is 1. The zero-order valence-corrected chi connectivity index (χ0v) is 14.2. The van der Waals surface area contributed by atoms with Crippen molar-refractivity contribution in [3.05, 3.63) is 10.6 Å². The zero-order valence-electron chi connectivity index (χ0n) is 13.4. The van der Waals surface area contributed by atoms with Crippen molar-refractivity contribution in [3.63, 3.8) is 0 Å². The quantitative estimate of drug-likeness (QED) is 0.621. The minimum Gasteiger partial charge on any atom is -0.365 e. The number of carbonyl (C=O) groups is 1. The Kier molecular flexibility index (Phi) is 6.57. The lowest BCUT2D eigenvalue weighted by Crippen LogP contribution is -2.38. The molecule has 1 fully saturated rings. The Morgan fingerprint density at radius 1 is 1.45 bits per heavy atom. The molecule has 22 heavy (non-hydrogen) atoms. The predicted octanol–water partition coefficient (Wildman–Crippen LogP) is 2.26. The van der Waals surface area contributed by atoms with Crippen LogP contribution in [0, 0.1) is 4.77 Å². The molecule has 7 heteroatoms. The van der Waals surface area contributed by atoms with Gasteiger partial charge in [0.25, 0.3) is 0 Å². The van der Waals surface area contributed by atoms with Gasteiger partial charge >= 0.3 is 0 Å². The van der Waals surface area contributed by atoms with Crippen molar-refractivity contribution in [1.29, 1.82) is 0 Å². The zero-order chi connectivity index (χ0) is 15.9. The standard InChI is InChI=1S/C15H26N4O2S/c1-11(21-12-7-5-3-4-6-8-12)14(20)16-10-9-13-17-18-15(22)19(13)2/h11-12H,3-10H2,1-2H3,(H,16,20)(H,18,22). The van der Waals surface area contributed by atoms with Gasteiger partial charge in [0.15, 0.2) is 4.77 Å². The summed E-state index contributed by atoms with van der Waals surface area (Å²) in [7, 11) is 1.86. The van der Waals surface area contributed by atoms with E-state index < -0.39 is 6.10 Å². The largest absolute Gasteiger partial charge is 0.365 e. The van der Waals surface area contributed by atoms with Crippen LogP contribution in [0.3, 0.4) is 0 Å². The van der Waals surface area contributed by atoms with Crippen molar-refractivity contribution in [3.8, 4) is 0 Å². The molecule has 6 nitrogen and oxygen atoms in total. The maximum atomic E-state index is 12.1.